The normalized spacial score (nSPS) is 13.1. The van der Waals surface area contributed by atoms with Gasteiger partial charge in [-0.15, -0.1) is 0 Å². The van der Waals surface area contributed by atoms with Gasteiger partial charge in [0.2, 0.25) is 0 Å². The van der Waals surface area contributed by atoms with Crippen LogP contribution in [0.5, 0.6) is 0 Å². The lowest BCUT2D eigenvalue weighted by atomic mass is 9.83. The van der Waals surface area contributed by atoms with E-state index in [2.05, 4.69) is 6.07 Å². The Morgan fingerprint density at radius 1 is 1.00 bits per heavy atom. The van der Waals surface area contributed by atoms with Gasteiger partial charge >= 0.3 is 18.0 Å². The fourth-order valence-electron chi connectivity index (χ4n) is 2.78. The highest BCUT2D eigenvalue weighted by Gasteiger charge is 2.74. The second-order valence-corrected chi connectivity index (χ2v) is 6.34. The maximum Gasteiger partial charge on any atom is 0.435 e. The van der Waals surface area contributed by atoms with Crippen molar-refractivity contribution in [1.82, 2.24) is 0 Å². The van der Waals surface area contributed by atoms with Crippen LogP contribution in [0.2, 0.25) is 5.02 Å². The van der Waals surface area contributed by atoms with Crippen molar-refractivity contribution in [2.75, 3.05) is 7.11 Å². The molecule has 1 nitrogen and oxygen atoms in total. The Bertz CT molecular complexity index is 859. The van der Waals surface area contributed by atoms with Crippen molar-refractivity contribution in [1.29, 1.82) is 0 Å². The van der Waals surface area contributed by atoms with Crippen molar-refractivity contribution in [3.05, 3.63) is 57.9 Å². The van der Waals surface area contributed by atoms with Gasteiger partial charge in [-0.25, -0.2) is 8.78 Å². The van der Waals surface area contributed by atoms with Crippen LogP contribution in [0.25, 0.3) is 11.1 Å². The van der Waals surface area contributed by atoms with Gasteiger partial charge in [0.05, 0.1) is 11.6 Å². The summed E-state index contributed by atoms with van der Waals surface area (Å²) < 4.78 is 113. The molecule has 0 bridgehead atoms. The lowest BCUT2D eigenvalue weighted by Gasteiger charge is -2.33. The van der Waals surface area contributed by atoms with Gasteiger partial charge in [0.1, 0.15) is 5.82 Å². The zero-order valence-electron chi connectivity index (χ0n) is 14.3. The highest BCUT2D eigenvalue weighted by molar-refractivity contribution is 6.33. The van der Waals surface area contributed by atoms with Crippen LogP contribution in [0.15, 0.2) is 24.3 Å². The number of benzene rings is 2. The molecule has 0 heterocycles. The van der Waals surface area contributed by atoms with Gasteiger partial charge < -0.3 is 4.74 Å². The van der Waals surface area contributed by atoms with Crippen LogP contribution in [0, 0.1) is 18.8 Å². The molecule has 0 N–H and O–H groups in total. The monoisotopic (exact) mass is 431 g/mol. The number of alkyl halides is 7. The van der Waals surface area contributed by atoms with Crippen LogP contribution in [0.1, 0.15) is 16.7 Å². The molecule has 0 aromatic heterocycles. The number of rotatable bonds is 4. The minimum absolute atomic E-state index is 0.181. The van der Waals surface area contributed by atoms with Crippen LogP contribution in [-0.2, 0) is 17.0 Å². The smallest absolute Gasteiger partial charge is 0.380 e. The Balaban J connectivity index is 3.02. The predicted octanol–water partition coefficient (Wildman–Crippen LogP) is 6.69. The zero-order chi connectivity index (χ0) is 21.5. The molecule has 0 aliphatic carbocycles. The first-order valence-corrected chi connectivity index (χ1v) is 7.94. The Kier molecular flexibility index (Phi) is 6.02. The van der Waals surface area contributed by atoms with Crippen molar-refractivity contribution < 1.29 is 39.9 Å². The topological polar surface area (TPSA) is 9.23 Å². The van der Waals surface area contributed by atoms with Crippen molar-refractivity contribution in [2.24, 2.45) is 0 Å². The first kappa shape index (κ1) is 22.4. The van der Waals surface area contributed by atoms with Crippen molar-refractivity contribution >= 4 is 11.6 Å². The van der Waals surface area contributed by atoms with E-state index in [4.69, 9.17) is 16.3 Å². The molecule has 28 heavy (non-hydrogen) atoms. The van der Waals surface area contributed by atoms with Gasteiger partial charge in [-0.05, 0) is 47.9 Å². The molecule has 0 aliphatic heterocycles. The molecule has 0 saturated carbocycles. The molecular weight excluding hydrogens is 420 g/mol. The van der Waals surface area contributed by atoms with E-state index < -0.39 is 52.2 Å². The Morgan fingerprint density at radius 3 is 2.04 bits per heavy atom. The molecule has 0 fully saturated rings. The number of methoxy groups -OCH3 is 1. The molecule has 0 amide bonds. The summed E-state index contributed by atoms with van der Waals surface area (Å²) in [6.07, 6.45) is -12.7. The average Bonchev–Trinajstić information content (AvgIpc) is 2.52. The van der Waals surface area contributed by atoms with Gasteiger partial charge in [-0.1, -0.05) is 17.7 Å². The predicted molar refractivity (Wildman–Crippen MR) is 86.0 cm³/mol. The van der Waals surface area contributed by atoms with Gasteiger partial charge in [0, 0.05) is 18.2 Å². The number of aryl methyl sites for hydroxylation is 1. The number of ether oxygens (including phenoxy) is 1. The standard InChI is InChI=1S/C18H12ClF8O/c1-9-5-10(8-28-2)15(12-4-3-11(20)7-14(12)19)13(6-9)16(21,17(22,23)24)18(25,26)27/h3-4,6-7H,8H2,1-2H3. The molecule has 0 atom stereocenters. The van der Waals surface area contributed by atoms with E-state index in [0.717, 1.165) is 26.2 Å². The molecule has 0 unspecified atom stereocenters. The van der Waals surface area contributed by atoms with Crippen LogP contribution >= 0.6 is 11.6 Å². The highest BCUT2D eigenvalue weighted by atomic mass is 35.5. The minimum Gasteiger partial charge on any atom is -0.380 e. The van der Waals surface area contributed by atoms with E-state index in [1.807, 2.05) is 0 Å². The summed E-state index contributed by atoms with van der Waals surface area (Å²) in [7, 11) is 1.14. The van der Waals surface area contributed by atoms with E-state index in [1.54, 1.807) is 0 Å². The summed E-state index contributed by atoms with van der Waals surface area (Å²) in [6.45, 7) is 0.676. The molecule has 153 valence electrons. The average molecular weight is 432 g/mol. The third-order valence-electron chi connectivity index (χ3n) is 3.92. The van der Waals surface area contributed by atoms with E-state index in [9.17, 15) is 35.1 Å². The van der Waals surface area contributed by atoms with Crippen molar-refractivity contribution in [2.45, 2.75) is 31.6 Å². The van der Waals surface area contributed by atoms with Gasteiger partial charge in [-0.3, -0.25) is 0 Å². The fourth-order valence-corrected chi connectivity index (χ4v) is 3.04. The first-order valence-electron chi connectivity index (χ1n) is 7.57. The molecule has 1 radical (unpaired) electrons. The third-order valence-corrected chi connectivity index (χ3v) is 4.23. The molecule has 2 rings (SSSR count). The molecule has 0 spiro atoms. The minimum atomic E-state index is -6.33. The molecule has 0 aliphatic rings. The second-order valence-electron chi connectivity index (χ2n) is 5.93. The highest BCUT2D eigenvalue weighted by Crippen LogP contribution is 2.56. The molecule has 10 heteroatoms. The summed E-state index contributed by atoms with van der Waals surface area (Å²) >= 11 is 5.85. The second kappa shape index (κ2) is 7.51. The van der Waals surface area contributed by atoms with E-state index >= 15 is 0 Å². The van der Waals surface area contributed by atoms with Gasteiger partial charge in [-0.2, -0.15) is 26.3 Å². The molecular formula is C18H12ClF8O. The maximum absolute atomic E-state index is 14.9. The molecule has 2 aromatic rings. The summed E-state index contributed by atoms with van der Waals surface area (Å²) in [5, 5.41) is -0.498. The maximum atomic E-state index is 14.9. The van der Waals surface area contributed by atoms with Gasteiger partial charge in [0.15, 0.2) is 0 Å². The largest absolute Gasteiger partial charge is 0.435 e. The third kappa shape index (κ3) is 3.82. The Morgan fingerprint density at radius 2 is 1.57 bits per heavy atom. The Labute approximate surface area is 159 Å². The van der Waals surface area contributed by atoms with E-state index in [0.29, 0.717) is 12.1 Å². The first-order chi connectivity index (χ1) is 12.7. The summed E-state index contributed by atoms with van der Waals surface area (Å²) in [6, 6.07) is 5.29. The van der Waals surface area contributed by atoms with Crippen molar-refractivity contribution in [3.63, 3.8) is 0 Å². The van der Waals surface area contributed by atoms with Gasteiger partial charge in [0.25, 0.3) is 0 Å². The molecule has 2 aromatic carbocycles. The van der Waals surface area contributed by atoms with Crippen LogP contribution in [0.3, 0.4) is 0 Å². The quantitative estimate of drug-likeness (QED) is 0.490. The zero-order valence-corrected chi connectivity index (χ0v) is 15.1. The lowest BCUT2D eigenvalue weighted by Crippen LogP contribution is -2.50. The number of hydrogen-bond acceptors (Lipinski definition) is 1. The summed E-state index contributed by atoms with van der Waals surface area (Å²) in [5.74, 6) is -0.877. The van der Waals surface area contributed by atoms with Crippen LogP contribution in [-0.4, -0.2) is 19.5 Å². The number of halogens is 9. The van der Waals surface area contributed by atoms with Crippen LogP contribution in [0.4, 0.5) is 35.1 Å². The summed E-state index contributed by atoms with van der Waals surface area (Å²) in [4.78, 5) is 0. The van der Waals surface area contributed by atoms with Crippen LogP contribution < -0.4 is 0 Å². The fraction of sp³-hybridized carbons (Fsp3) is 0.333. The summed E-state index contributed by atoms with van der Waals surface area (Å²) in [5.41, 5.74) is -9.12. The van der Waals surface area contributed by atoms with E-state index in [1.165, 1.54) is 0 Å². The number of hydrogen-bond donors (Lipinski definition) is 0. The SMILES string of the molecule is COCc1[c]c(C)cc(C(F)(C(F)(F)F)C(F)(F)F)c1-c1ccc(F)cc1Cl. The molecule has 0 saturated heterocycles. The lowest BCUT2D eigenvalue weighted by molar-refractivity contribution is -0.348. The Hall–Kier alpha value is -1.87. The van der Waals surface area contributed by atoms with Crippen molar-refractivity contribution in [3.8, 4) is 11.1 Å². The van der Waals surface area contributed by atoms with E-state index in [-0.39, 0.29) is 11.1 Å².